The molecule has 0 atom stereocenters. The lowest BCUT2D eigenvalue weighted by Gasteiger charge is -2.35. The Labute approximate surface area is 91.6 Å². The fourth-order valence-electron chi connectivity index (χ4n) is 2.06. The molecule has 0 bridgehead atoms. The number of carbonyl (C=O) groups excluding carboxylic acids is 1. The highest BCUT2D eigenvalue weighted by Gasteiger charge is 2.37. The van der Waals surface area contributed by atoms with Crippen LogP contribution in [0.5, 0.6) is 0 Å². The van der Waals surface area contributed by atoms with Gasteiger partial charge in [0.1, 0.15) is 0 Å². The van der Waals surface area contributed by atoms with Crippen molar-refractivity contribution in [2.24, 2.45) is 5.41 Å². The van der Waals surface area contributed by atoms with Crippen molar-refractivity contribution in [2.75, 3.05) is 19.6 Å². The molecular weight excluding hydrogens is 188 g/mol. The Balaban J connectivity index is 2.65. The van der Waals surface area contributed by atoms with Crippen LogP contribution in [0, 0.1) is 5.41 Å². The predicted octanol–water partition coefficient (Wildman–Crippen LogP) is 1.23. The smallest absolute Gasteiger partial charge is 0.226 e. The first-order valence-electron chi connectivity index (χ1n) is 5.46. The third-order valence-corrected chi connectivity index (χ3v) is 2.98. The highest BCUT2D eigenvalue weighted by atomic mass is 16.2. The van der Waals surface area contributed by atoms with Gasteiger partial charge in [0, 0.05) is 6.54 Å². The highest BCUT2D eigenvalue weighted by molar-refractivity contribution is 5.83. The fraction of sp³-hybridized carbons (Fsp3) is 0.583. The van der Waals surface area contributed by atoms with Crippen molar-refractivity contribution in [1.29, 1.82) is 0 Å². The van der Waals surface area contributed by atoms with E-state index in [1.807, 2.05) is 6.08 Å². The van der Waals surface area contributed by atoms with Gasteiger partial charge in [-0.05, 0) is 32.4 Å². The van der Waals surface area contributed by atoms with Crippen LogP contribution in [0.3, 0.4) is 0 Å². The van der Waals surface area contributed by atoms with E-state index in [9.17, 15) is 4.79 Å². The van der Waals surface area contributed by atoms with Gasteiger partial charge in [0.15, 0.2) is 0 Å². The summed E-state index contributed by atoms with van der Waals surface area (Å²) in [4.78, 5) is 12.0. The molecule has 1 aliphatic heterocycles. The van der Waals surface area contributed by atoms with Gasteiger partial charge in [-0.3, -0.25) is 4.79 Å². The third kappa shape index (κ3) is 2.93. The Morgan fingerprint density at radius 2 is 2.00 bits per heavy atom. The molecule has 2 N–H and O–H groups in total. The highest BCUT2D eigenvalue weighted by Crippen LogP contribution is 2.33. The quantitative estimate of drug-likeness (QED) is 0.667. The maximum absolute atomic E-state index is 12.0. The molecule has 0 spiro atoms. The van der Waals surface area contributed by atoms with E-state index in [-0.39, 0.29) is 11.3 Å². The third-order valence-electron chi connectivity index (χ3n) is 2.98. The van der Waals surface area contributed by atoms with Gasteiger partial charge in [-0.15, -0.1) is 13.2 Å². The van der Waals surface area contributed by atoms with E-state index in [0.29, 0.717) is 6.54 Å². The normalized spacial score (nSPS) is 19.2. The van der Waals surface area contributed by atoms with Crippen molar-refractivity contribution in [2.45, 2.75) is 19.3 Å². The van der Waals surface area contributed by atoms with Crippen LogP contribution < -0.4 is 10.6 Å². The fourth-order valence-corrected chi connectivity index (χ4v) is 2.06. The summed E-state index contributed by atoms with van der Waals surface area (Å²) in [5.41, 5.74) is -0.240. The summed E-state index contributed by atoms with van der Waals surface area (Å²) in [5.74, 6) is 0.142. The summed E-state index contributed by atoms with van der Waals surface area (Å²) < 4.78 is 0. The minimum atomic E-state index is -0.240. The maximum Gasteiger partial charge on any atom is 0.226 e. The monoisotopic (exact) mass is 208 g/mol. The van der Waals surface area contributed by atoms with E-state index >= 15 is 0 Å². The van der Waals surface area contributed by atoms with Gasteiger partial charge in [0.25, 0.3) is 0 Å². The summed E-state index contributed by atoms with van der Waals surface area (Å²) >= 11 is 0. The van der Waals surface area contributed by atoms with Crippen LogP contribution in [0.15, 0.2) is 25.3 Å². The van der Waals surface area contributed by atoms with Crippen LogP contribution in [0.4, 0.5) is 0 Å². The summed E-state index contributed by atoms with van der Waals surface area (Å²) in [6, 6.07) is 0. The van der Waals surface area contributed by atoms with Crippen molar-refractivity contribution in [3.05, 3.63) is 25.3 Å². The largest absolute Gasteiger partial charge is 0.352 e. The number of hydrogen-bond acceptors (Lipinski definition) is 2. The average molecular weight is 208 g/mol. The van der Waals surface area contributed by atoms with Crippen LogP contribution in [-0.4, -0.2) is 25.5 Å². The van der Waals surface area contributed by atoms with Crippen molar-refractivity contribution in [1.82, 2.24) is 10.6 Å². The molecule has 1 rings (SSSR count). The second-order valence-corrected chi connectivity index (χ2v) is 4.02. The van der Waals surface area contributed by atoms with E-state index in [4.69, 9.17) is 0 Å². The second-order valence-electron chi connectivity index (χ2n) is 4.02. The summed E-state index contributed by atoms with van der Waals surface area (Å²) in [6.45, 7) is 9.71. The molecule has 1 amide bonds. The summed E-state index contributed by atoms with van der Waals surface area (Å²) in [7, 11) is 0. The van der Waals surface area contributed by atoms with E-state index in [2.05, 4.69) is 23.8 Å². The number of amides is 1. The van der Waals surface area contributed by atoms with Gasteiger partial charge in [0.05, 0.1) is 5.41 Å². The number of carbonyl (C=O) groups is 1. The molecule has 0 aromatic rings. The molecule has 1 saturated heterocycles. The molecule has 0 unspecified atom stereocenters. The van der Waals surface area contributed by atoms with Crippen LogP contribution >= 0.6 is 0 Å². The predicted molar refractivity (Wildman–Crippen MR) is 62.6 cm³/mol. The van der Waals surface area contributed by atoms with Gasteiger partial charge in [-0.1, -0.05) is 12.2 Å². The van der Waals surface area contributed by atoms with Gasteiger partial charge in [-0.2, -0.15) is 0 Å². The molecule has 0 radical (unpaired) electrons. The van der Waals surface area contributed by atoms with Crippen LogP contribution in [-0.2, 0) is 4.79 Å². The molecule has 0 aromatic heterocycles. The second kappa shape index (κ2) is 5.71. The van der Waals surface area contributed by atoms with Crippen molar-refractivity contribution >= 4 is 5.91 Å². The molecule has 3 heteroatoms. The van der Waals surface area contributed by atoms with E-state index in [0.717, 1.165) is 32.4 Å². The van der Waals surface area contributed by atoms with Gasteiger partial charge in [0.2, 0.25) is 5.91 Å². The Morgan fingerprint density at radius 1 is 1.33 bits per heavy atom. The molecule has 15 heavy (non-hydrogen) atoms. The van der Waals surface area contributed by atoms with Crippen molar-refractivity contribution in [3.8, 4) is 0 Å². The number of nitrogens with one attached hydrogen (secondary N) is 2. The maximum atomic E-state index is 12.0. The summed E-state index contributed by atoms with van der Waals surface area (Å²) in [6.07, 6.45) is 6.10. The number of allylic oxidation sites excluding steroid dienone is 1. The van der Waals surface area contributed by atoms with Gasteiger partial charge in [-0.25, -0.2) is 0 Å². The standard InChI is InChI=1S/C12H20N2O/c1-3-5-12(6-9-13-10-7-12)11(15)14-8-4-2/h3-4,13H,1-2,5-10H2,(H,14,15). The zero-order valence-corrected chi connectivity index (χ0v) is 9.22. The van der Waals surface area contributed by atoms with E-state index in [1.54, 1.807) is 6.08 Å². The first-order chi connectivity index (χ1) is 7.25. The lowest BCUT2D eigenvalue weighted by molar-refractivity contribution is -0.132. The van der Waals surface area contributed by atoms with E-state index in [1.165, 1.54) is 0 Å². The van der Waals surface area contributed by atoms with Crippen LogP contribution in [0.25, 0.3) is 0 Å². The number of piperidine rings is 1. The molecule has 3 nitrogen and oxygen atoms in total. The lowest BCUT2D eigenvalue weighted by Crippen LogP contribution is -2.47. The zero-order chi connectivity index (χ0) is 11.1. The topological polar surface area (TPSA) is 41.1 Å². The van der Waals surface area contributed by atoms with Gasteiger partial charge >= 0.3 is 0 Å². The molecular formula is C12H20N2O. The first kappa shape index (κ1) is 12.0. The Kier molecular flexibility index (Phi) is 4.56. The number of rotatable bonds is 5. The molecule has 0 aromatic carbocycles. The minimum absolute atomic E-state index is 0.142. The molecule has 0 saturated carbocycles. The Bertz CT molecular complexity index is 242. The number of hydrogen-bond donors (Lipinski definition) is 2. The first-order valence-corrected chi connectivity index (χ1v) is 5.46. The zero-order valence-electron chi connectivity index (χ0n) is 9.22. The van der Waals surface area contributed by atoms with E-state index < -0.39 is 0 Å². The SMILES string of the molecule is C=CCNC(=O)C1(CC=C)CCNCC1. The average Bonchev–Trinajstić information content (AvgIpc) is 2.27. The molecule has 84 valence electrons. The van der Waals surface area contributed by atoms with Crippen molar-refractivity contribution in [3.63, 3.8) is 0 Å². The Morgan fingerprint density at radius 3 is 2.53 bits per heavy atom. The molecule has 1 heterocycles. The minimum Gasteiger partial charge on any atom is -0.352 e. The van der Waals surface area contributed by atoms with Crippen LogP contribution in [0.2, 0.25) is 0 Å². The lowest BCUT2D eigenvalue weighted by atomic mass is 9.75. The molecule has 1 fully saturated rings. The summed E-state index contributed by atoms with van der Waals surface area (Å²) in [5, 5.41) is 6.17. The van der Waals surface area contributed by atoms with Crippen LogP contribution in [0.1, 0.15) is 19.3 Å². The Hall–Kier alpha value is -1.09. The van der Waals surface area contributed by atoms with Crippen molar-refractivity contribution < 1.29 is 4.79 Å². The molecule has 0 aliphatic carbocycles. The molecule has 1 aliphatic rings. The van der Waals surface area contributed by atoms with Gasteiger partial charge < -0.3 is 10.6 Å².